The molecule has 0 radical (unpaired) electrons. The van der Waals surface area contributed by atoms with Gasteiger partial charge in [0.05, 0.1) is 17.4 Å². The molecule has 2 N–H and O–H groups in total. The third-order valence-corrected chi connectivity index (χ3v) is 4.05. The van der Waals surface area contributed by atoms with E-state index in [-0.39, 0.29) is 12.1 Å². The van der Waals surface area contributed by atoms with E-state index in [0.717, 1.165) is 36.6 Å². The molecule has 0 unspecified atom stereocenters. The number of para-hydroxylation sites is 1. The summed E-state index contributed by atoms with van der Waals surface area (Å²) in [5.74, 6) is 0. The summed E-state index contributed by atoms with van der Waals surface area (Å²) in [6.07, 6.45) is 1.59. The largest absolute Gasteiger partial charge is 0.370 e. The SMILES string of the molecule is NCC1(CF)CCN(c2ccccc2Cl)CC1. The van der Waals surface area contributed by atoms with Crippen LogP contribution in [0.2, 0.25) is 5.02 Å². The molecule has 1 aliphatic heterocycles. The second-order valence-electron chi connectivity index (χ2n) is 4.78. The highest BCUT2D eigenvalue weighted by molar-refractivity contribution is 6.33. The lowest BCUT2D eigenvalue weighted by molar-refractivity contribution is 0.168. The number of nitrogens with two attached hydrogens (primary N) is 1. The fourth-order valence-electron chi connectivity index (χ4n) is 2.32. The van der Waals surface area contributed by atoms with Crippen molar-refractivity contribution < 1.29 is 4.39 Å². The Morgan fingerprint density at radius 2 is 1.94 bits per heavy atom. The van der Waals surface area contributed by atoms with E-state index in [9.17, 15) is 4.39 Å². The van der Waals surface area contributed by atoms with Crippen molar-refractivity contribution in [3.05, 3.63) is 29.3 Å². The van der Waals surface area contributed by atoms with Gasteiger partial charge in [0, 0.05) is 25.0 Å². The predicted molar refractivity (Wildman–Crippen MR) is 70.4 cm³/mol. The Morgan fingerprint density at radius 1 is 1.29 bits per heavy atom. The molecule has 4 heteroatoms. The molecule has 1 saturated heterocycles. The minimum absolute atomic E-state index is 0.308. The van der Waals surface area contributed by atoms with Gasteiger partial charge in [-0.3, -0.25) is 4.39 Å². The first-order valence-corrected chi connectivity index (χ1v) is 6.34. The lowest BCUT2D eigenvalue weighted by atomic mass is 9.79. The van der Waals surface area contributed by atoms with Gasteiger partial charge in [-0.2, -0.15) is 0 Å². The summed E-state index contributed by atoms with van der Waals surface area (Å²) in [5, 5.41) is 0.757. The molecule has 1 fully saturated rings. The molecular formula is C13H18ClFN2. The van der Waals surface area contributed by atoms with E-state index in [4.69, 9.17) is 17.3 Å². The maximum absolute atomic E-state index is 13.0. The molecule has 1 heterocycles. The summed E-state index contributed by atoms with van der Waals surface area (Å²) < 4.78 is 13.0. The first-order chi connectivity index (χ1) is 8.21. The van der Waals surface area contributed by atoms with Crippen LogP contribution in [0.25, 0.3) is 0 Å². The highest BCUT2D eigenvalue weighted by Gasteiger charge is 2.33. The van der Waals surface area contributed by atoms with Crippen LogP contribution in [0.5, 0.6) is 0 Å². The van der Waals surface area contributed by atoms with Gasteiger partial charge in [0.15, 0.2) is 0 Å². The van der Waals surface area contributed by atoms with E-state index in [1.807, 2.05) is 24.3 Å². The molecule has 0 saturated carbocycles. The minimum Gasteiger partial charge on any atom is -0.370 e. The van der Waals surface area contributed by atoms with Crippen LogP contribution in [0.4, 0.5) is 10.1 Å². The Bertz CT molecular complexity index is 369. The van der Waals surface area contributed by atoms with Crippen molar-refractivity contribution in [3.63, 3.8) is 0 Å². The summed E-state index contributed by atoms with van der Waals surface area (Å²) in [5.41, 5.74) is 6.41. The van der Waals surface area contributed by atoms with Crippen LogP contribution in [0.1, 0.15) is 12.8 Å². The topological polar surface area (TPSA) is 29.3 Å². The normalized spacial score (nSPS) is 19.4. The van der Waals surface area contributed by atoms with E-state index in [0.29, 0.717) is 6.54 Å². The highest BCUT2D eigenvalue weighted by Crippen LogP contribution is 2.35. The quantitative estimate of drug-likeness (QED) is 0.901. The van der Waals surface area contributed by atoms with Gasteiger partial charge in [0.25, 0.3) is 0 Å². The fourth-order valence-corrected chi connectivity index (χ4v) is 2.58. The minimum atomic E-state index is -0.320. The van der Waals surface area contributed by atoms with Crippen molar-refractivity contribution in [2.45, 2.75) is 12.8 Å². The Hall–Kier alpha value is -0.800. The van der Waals surface area contributed by atoms with Crippen LogP contribution < -0.4 is 10.6 Å². The molecule has 1 aromatic carbocycles. The number of hydrogen-bond acceptors (Lipinski definition) is 2. The van der Waals surface area contributed by atoms with Gasteiger partial charge in [-0.05, 0) is 25.0 Å². The number of alkyl halides is 1. The van der Waals surface area contributed by atoms with Crippen LogP contribution >= 0.6 is 11.6 Å². The Kier molecular flexibility index (Phi) is 3.89. The molecule has 0 aliphatic carbocycles. The van der Waals surface area contributed by atoms with Crippen LogP contribution in [-0.4, -0.2) is 26.3 Å². The highest BCUT2D eigenvalue weighted by atomic mass is 35.5. The molecule has 2 nitrogen and oxygen atoms in total. The second-order valence-corrected chi connectivity index (χ2v) is 5.18. The van der Waals surface area contributed by atoms with E-state index in [2.05, 4.69) is 4.90 Å². The molecular weight excluding hydrogens is 239 g/mol. The predicted octanol–water partition coefficient (Wildman–Crippen LogP) is 2.85. The van der Waals surface area contributed by atoms with Crippen molar-refractivity contribution in [2.75, 3.05) is 31.2 Å². The number of halogens is 2. The van der Waals surface area contributed by atoms with E-state index < -0.39 is 0 Å². The monoisotopic (exact) mass is 256 g/mol. The molecule has 0 atom stereocenters. The van der Waals surface area contributed by atoms with Gasteiger partial charge in [0.1, 0.15) is 0 Å². The van der Waals surface area contributed by atoms with Crippen molar-refractivity contribution in [2.24, 2.45) is 11.1 Å². The summed E-state index contributed by atoms with van der Waals surface area (Å²) in [7, 11) is 0. The zero-order valence-electron chi connectivity index (χ0n) is 9.83. The summed E-state index contributed by atoms with van der Waals surface area (Å²) in [6.45, 7) is 1.76. The average molecular weight is 257 g/mol. The molecule has 1 aliphatic rings. The third-order valence-electron chi connectivity index (χ3n) is 3.73. The summed E-state index contributed by atoms with van der Waals surface area (Å²) in [6, 6.07) is 7.78. The summed E-state index contributed by atoms with van der Waals surface area (Å²) in [4.78, 5) is 2.21. The van der Waals surface area contributed by atoms with Crippen molar-refractivity contribution >= 4 is 17.3 Å². The van der Waals surface area contributed by atoms with E-state index in [1.54, 1.807) is 0 Å². The maximum Gasteiger partial charge on any atom is 0.0964 e. The zero-order valence-corrected chi connectivity index (χ0v) is 10.6. The Morgan fingerprint density at radius 3 is 2.47 bits per heavy atom. The number of hydrogen-bond donors (Lipinski definition) is 1. The van der Waals surface area contributed by atoms with Crippen molar-refractivity contribution in [3.8, 4) is 0 Å². The number of rotatable bonds is 3. The first kappa shape index (κ1) is 12.7. The number of piperidine rings is 1. The first-order valence-electron chi connectivity index (χ1n) is 5.96. The number of benzene rings is 1. The van der Waals surface area contributed by atoms with Crippen molar-refractivity contribution in [1.82, 2.24) is 0 Å². The van der Waals surface area contributed by atoms with E-state index >= 15 is 0 Å². The van der Waals surface area contributed by atoms with Gasteiger partial charge in [-0.25, -0.2) is 0 Å². The molecule has 2 rings (SSSR count). The lowest BCUT2D eigenvalue weighted by Gasteiger charge is -2.40. The fraction of sp³-hybridized carbons (Fsp3) is 0.538. The lowest BCUT2D eigenvalue weighted by Crippen LogP contribution is -2.45. The van der Waals surface area contributed by atoms with Crippen LogP contribution in [0.3, 0.4) is 0 Å². The number of nitrogens with zero attached hydrogens (tertiary/aromatic N) is 1. The van der Waals surface area contributed by atoms with Crippen LogP contribution in [0.15, 0.2) is 24.3 Å². The van der Waals surface area contributed by atoms with E-state index in [1.165, 1.54) is 0 Å². The van der Waals surface area contributed by atoms with Gasteiger partial charge < -0.3 is 10.6 Å². The zero-order chi connectivity index (χ0) is 12.3. The molecule has 0 aromatic heterocycles. The molecule has 94 valence electrons. The maximum atomic E-state index is 13.0. The average Bonchev–Trinajstić information content (AvgIpc) is 2.40. The standard InChI is InChI=1S/C13H18ClFN2/c14-11-3-1-2-4-12(11)17-7-5-13(9-15,10-16)6-8-17/h1-4H,5-10,16H2. The van der Waals surface area contributed by atoms with Gasteiger partial charge in [-0.15, -0.1) is 0 Å². The van der Waals surface area contributed by atoms with Crippen LogP contribution in [0, 0.1) is 5.41 Å². The van der Waals surface area contributed by atoms with Gasteiger partial charge in [0.2, 0.25) is 0 Å². The molecule has 1 aromatic rings. The van der Waals surface area contributed by atoms with Crippen LogP contribution in [-0.2, 0) is 0 Å². The van der Waals surface area contributed by atoms with Gasteiger partial charge >= 0.3 is 0 Å². The molecule has 0 bridgehead atoms. The summed E-state index contributed by atoms with van der Waals surface area (Å²) >= 11 is 6.16. The van der Waals surface area contributed by atoms with Crippen molar-refractivity contribution in [1.29, 1.82) is 0 Å². The van der Waals surface area contributed by atoms with Gasteiger partial charge in [-0.1, -0.05) is 23.7 Å². The smallest absolute Gasteiger partial charge is 0.0964 e. The third kappa shape index (κ3) is 2.55. The molecule has 0 amide bonds. The Labute approximate surface area is 107 Å². The number of anilines is 1. The second kappa shape index (κ2) is 5.23. The Balaban J connectivity index is 2.07. The molecule has 0 spiro atoms. The molecule has 17 heavy (non-hydrogen) atoms.